The van der Waals surface area contributed by atoms with E-state index in [9.17, 15) is 0 Å². The predicted molar refractivity (Wildman–Crippen MR) is 125 cm³/mol. The van der Waals surface area contributed by atoms with Gasteiger partial charge in [0, 0.05) is 16.8 Å². The summed E-state index contributed by atoms with van der Waals surface area (Å²) in [5, 5.41) is 1.12. The Morgan fingerprint density at radius 1 is 0.828 bits per heavy atom. The fourth-order valence-corrected chi connectivity index (χ4v) is 3.63. The monoisotopic (exact) mass is 376 g/mol. The van der Waals surface area contributed by atoms with Crippen LogP contribution < -0.4 is 0 Å². The minimum atomic E-state index is 0.901. The third kappa shape index (κ3) is 4.17. The number of aryl methyl sites for hydroxylation is 1. The van der Waals surface area contributed by atoms with Gasteiger partial charge in [-0.05, 0) is 61.2 Å². The molecule has 0 N–H and O–H groups in total. The number of benzene rings is 3. The van der Waals surface area contributed by atoms with Crippen LogP contribution in [-0.2, 0) is 0 Å². The lowest BCUT2D eigenvalue weighted by Gasteiger charge is -2.10. The number of rotatable bonds is 4. The van der Waals surface area contributed by atoms with Gasteiger partial charge in [0.2, 0.25) is 0 Å². The number of hydrogen-bond donors (Lipinski definition) is 0. The van der Waals surface area contributed by atoms with Crippen LogP contribution in [0, 0.1) is 6.92 Å². The summed E-state index contributed by atoms with van der Waals surface area (Å²) in [5.74, 6) is 0. The zero-order valence-corrected chi connectivity index (χ0v) is 17.1. The SMILES string of the molecule is CC(/C=C(\C)c1ccccc1)=N/c1cccc2c(-c3ccccc3)cc(C)nc12. The molecule has 4 aromatic rings. The van der Waals surface area contributed by atoms with Crippen LogP contribution in [0.4, 0.5) is 5.69 Å². The summed E-state index contributed by atoms with van der Waals surface area (Å²) < 4.78 is 0. The van der Waals surface area contributed by atoms with Gasteiger partial charge in [-0.1, -0.05) is 72.8 Å². The van der Waals surface area contributed by atoms with Gasteiger partial charge in [-0.15, -0.1) is 0 Å². The Labute approximate surface area is 172 Å². The van der Waals surface area contributed by atoms with Crippen LogP contribution in [0.15, 0.2) is 96.0 Å². The van der Waals surface area contributed by atoms with Crippen molar-refractivity contribution in [1.29, 1.82) is 0 Å². The highest BCUT2D eigenvalue weighted by Crippen LogP contribution is 2.33. The van der Waals surface area contributed by atoms with E-state index in [0.29, 0.717) is 0 Å². The Hall–Kier alpha value is -3.52. The molecule has 0 atom stereocenters. The Morgan fingerprint density at radius 3 is 2.24 bits per heavy atom. The van der Waals surface area contributed by atoms with E-state index >= 15 is 0 Å². The molecular formula is C27H24N2. The highest BCUT2D eigenvalue weighted by atomic mass is 14.8. The minimum Gasteiger partial charge on any atom is -0.251 e. The molecule has 29 heavy (non-hydrogen) atoms. The van der Waals surface area contributed by atoms with E-state index in [2.05, 4.69) is 79.7 Å². The quantitative estimate of drug-likeness (QED) is 0.340. The van der Waals surface area contributed by atoms with Gasteiger partial charge >= 0.3 is 0 Å². The third-order valence-corrected chi connectivity index (χ3v) is 4.98. The first-order valence-electron chi connectivity index (χ1n) is 9.86. The number of aliphatic imine (C=N–C) groups is 1. The molecule has 0 saturated carbocycles. The number of nitrogens with zero attached hydrogens (tertiary/aromatic N) is 2. The van der Waals surface area contributed by atoms with E-state index in [0.717, 1.165) is 28.0 Å². The molecule has 0 unspecified atom stereocenters. The molecule has 3 aromatic carbocycles. The Morgan fingerprint density at radius 2 is 1.52 bits per heavy atom. The summed E-state index contributed by atoms with van der Waals surface area (Å²) in [6, 6.07) is 29.2. The molecule has 1 heterocycles. The summed E-state index contributed by atoms with van der Waals surface area (Å²) in [7, 11) is 0. The molecule has 142 valence electrons. The highest BCUT2D eigenvalue weighted by molar-refractivity contribution is 6.05. The maximum absolute atomic E-state index is 4.91. The lowest BCUT2D eigenvalue weighted by molar-refractivity contribution is 1.25. The average molecular weight is 377 g/mol. The second-order valence-electron chi connectivity index (χ2n) is 7.30. The zero-order chi connectivity index (χ0) is 20.2. The van der Waals surface area contributed by atoms with E-state index in [4.69, 9.17) is 9.98 Å². The molecule has 0 radical (unpaired) electrons. The standard InChI is InChI=1S/C27H24N2/c1-19(22-11-6-4-7-12-22)17-20(2)28-26-16-10-15-24-25(18-21(3)29-27(24)26)23-13-8-5-9-14-23/h4-18H,1-3H3/b19-17+,28-20-. The molecule has 2 heteroatoms. The first kappa shape index (κ1) is 18.8. The van der Waals surface area contributed by atoms with Gasteiger partial charge < -0.3 is 0 Å². The topological polar surface area (TPSA) is 25.2 Å². The zero-order valence-electron chi connectivity index (χ0n) is 17.1. The Kier molecular flexibility index (Phi) is 5.35. The molecule has 0 fully saturated rings. The number of aromatic nitrogens is 1. The summed E-state index contributed by atoms with van der Waals surface area (Å²) in [6.07, 6.45) is 2.13. The maximum atomic E-state index is 4.91. The van der Waals surface area contributed by atoms with E-state index in [1.54, 1.807) is 0 Å². The fourth-order valence-electron chi connectivity index (χ4n) is 3.63. The normalized spacial score (nSPS) is 12.4. The van der Waals surface area contributed by atoms with Gasteiger partial charge in [0.15, 0.2) is 0 Å². The van der Waals surface area contributed by atoms with Crippen LogP contribution in [0.25, 0.3) is 27.6 Å². The van der Waals surface area contributed by atoms with Crippen molar-refractivity contribution < 1.29 is 0 Å². The van der Waals surface area contributed by atoms with Crippen molar-refractivity contribution in [2.24, 2.45) is 4.99 Å². The van der Waals surface area contributed by atoms with E-state index in [1.807, 2.05) is 32.0 Å². The van der Waals surface area contributed by atoms with Gasteiger partial charge in [0.1, 0.15) is 0 Å². The first-order chi connectivity index (χ1) is 14.1. The van der Waals surface area contributed by atoms with E-state index in [-0.39, 0.29) is 0 Å². The second-order valence-corrected chi connectivity index (χ2v) is 7.30. The molecular weight excluding hydrogens is 352 g/mol. The largest absolute Gasteiger partial charge is 0.251 e. The molecule has 0 aliphatic heterocycles. The number of pyridine rings is 1. The van der Waals surface area contributed by atoms with Crippen molar-refractivity contribution in [3.8, 4) is 11.1 Å². The average Bonchev–Trinajstić information content (AvgIpc) is 2.75. The van der Waals surface area contributed by atoms with Gasteiger partial charge in [-0.25, -0.2) is 0 Å². The van der Waals surface area contributed by atoms with Crippen molar-refractivity contribution in [3.05, 3.63) is 102 Å². The van der Waals surface area contributed by atoms with Crippen molar-refractivity contribution in [2.45, 2.75) is 20.8 Å². The highest BCUT2D eigenvalue weighted by Gasteiger charge is 2.09. The van der Waals surface area contributed by atoms with Crippen LogP contribution in [-0.4, -0.2) is 10.7 Å². The Bertz CT molecular complexity index is 1200. The number of fused-ring (bicyclic) bond motifs is 1. The van der Waals surface area contributed by atoms with Crippen LogP contribution in [0.5, 0.6) is 0 Å². The Balaban J connectivity index is 1.81. The van der Waals surface area contributed by atoms with Crippen molar-refractivity contribution in [1.82, 2.24) is 4.98 Å². The van der Waals surface area contributed by atoms with E-state index in [1.165, 1.54) is 22.3 Å². The predicted octanol–water partition coefficient (Wildman–Crippen LogP) is 7.41. The maximum Gasteiger partial charge on any atom is 0.0967 e. The molecule has 0 saturated heterocycles. The summed E-state index contributed by atoms with van der Waals surface area (Å²) in [6.45, 7) is 6.20. The van der Waals surface area contributed by atoms with Crippen LogP contribution in [0.3, 0.4) is 0 Å². The van der Waals surface area contributed by atoms with E-state index < -0.39 is 0 Å². The van der Waals surface area contributed by atoms with Gasteiger partial charge in [0.25, 0.3) is 0 Å². The van der Waals surface area contributed by atoms with Crippen molar-refractivity contribution in [2.75, 3.05) is 0 Å². The van der Waals surface area contributed by atoms with Crippen molar-refractivity contribution >= 4 is 27.9 Å². The molecule has 4 rings (SSSR count). The minimum absolute atomic E-state index is 0.901. The van der Waals surface area contributed by atoms with Gasteiger partial charge in [-0.2, -0.15) is 0 Å². The van der Waals surface area contributed by atoms with Gasteiger partial charge in [-0.3, -0.25) is 9.98 Å². The number of para-hydroxylation sites is 1. The molecule has 1 aromatic heterocycles. The summed E-state index contributed by atoms with van der Waals surface area (Å²) >= 11 is 0. The lowest BCUT2D eigenvalue weighted by Crippen LogP contribution is -1.91. The van der Waals surface area contributed by atoms with Crippen LogP contribution in [0.2, 0.25) is 0 Å². The molecule has 2 nitrogen and oxygen atoms in total. The molecule has 0 bridgehead atoms. The number of allylic oxidation sites excluding steroid dienone is 2. The molecule has 0 amide bonds. The second kappa shape index (κ2) is 8.24. The number of hydrogen-bond acceptors (Lipinski definition) is 2. The van der Waals surface area contributed by atoms with Crippen LogP contribution >= 0.6 is 0 Å². The van der Waals surface area contributed by atoms with Gasteiger partial charge in [0.05, 0.1) is 11.2 Å². The smallest absolute Gasteiger partial charge is 0.0967 e. The fraction of sp³-hybridized carbons (Fsp3) is 0.111. The summed E-state index contributed by atoms with van der Waals surface area (Å²) in [4.78, 5) is 9.73. The first-order valence-corrected chi connectivity index (χ1v) is 9.86. The molecule has 0 aliphatic carbocycles. The molecule has 0 aliphatic rings. The lowest BCUT2D eigenvalue weighted by atomic mass is 9.99. The van der Waals surface area contributed by atoms with Crippen molar-refractivity contribution in [3.63, 3.8) is 0 Å². The molecule has 0 spiro atoms. The summed E-state index contributed by atoms with van der Waals surface area (Å²) in [5.41, 5.74) is 8.59. The van der Waals surface area contributed by atoms with Crippen LogP contribution in [0.1, 0.15) is 25.1 Å². The third-order valence-electron chi connectivity index (χ3n) is 4.98.